The van der Waals surface area contributed by atoms with Crippen LogP contribution in [0, 0.1) is 0 Å². The smallest absolute Gasteiger partial charge is 0.240 e. The number of hydrogen-bond donors (Lipinski definition) is 0. The van der Waals surface area contributed by atoms with Gasteiger partial charge in [-0.2, -0.15) is 0 Å². The molecule has 0 aliphatic carbocycles. The van der Waals surface area contributed by atoms with Crippen molar-refractivity contribution in [3.63, 3.8) is 0 Å². The zero-order valence-corrected chi connectivity index (χ0v) is 18.7. The Morgan fingerprint density at radius 1 is 1.03 bits per heavy atom. The highest BCUT2D eigenvalue weighted by atomic mass is 32.2. The van der Waals surface area contributed by atoms with Gasteiger partial charge in [-0.3, -0.25) is 4.79 Å². The van der Waals surface area contributed by atoms with Crippen LogP contribution in [0.25, 0.3) is 11.4 Å². The van der Waals surface area contributed by atoms with Crippen molar-refractivity contribution in [2.75, 3.05) is 11.9 Å². The van der Waals surface area contributed by atoms with Crippen LogP contribution in [-0.2, 0) is 17.3 Å². The molecule has 5 nitrogen and oxygen atoms in total. The molecule has 1 atom stereocenters. The molecule has 0 saturated heterocycles. The number of amides is 1. The number of benzene rings is 2. The maximum absolute atomic E-state index is 12.8. The number of thioether (sulfide) groups is 1. The normalized spacial score (nSPS) is 12.6. The maximum atomic E-state index is 12.8. The molecular weight excluding hydrogens is 380 g/mol. The fourth-order valence-electron chi connectivity index (χ4n) is 3.05. The van der Waals surface area contributed by atoms with Gasteiger partial charge < -0.3 is 9.47 Å². The van der Waals surface area contributed by atoms with Crippen LogP contribution < -0.4 is 4.90 Å². The molecule has 152 valence electrons. The summed E-state index contributed by atoms with van der Waals surface area (Å²) in [6.07, 6.45) is 0. The summed E-state index contributed by atoms with van der Waals surface area (Å²) in [5.41, 5.74) is 3.28. The first-order valence-electron chi connectivity index (χ1n) is 9.68. The van der Waals surface area contributed by atoms with Crippen LogP contribution >= 0.6 is 11.8 Å². The molecule has 0 fully saturated rings. The topological polar surface area (TPSA) is 51.0 Å². The number of carbonyl (C=O) groups is 1. The van der Waals surface area contributed by atoms with Gasteiger partial charge in [0.05, 0.1) is 5.25 Å². The monoisotopic (exact) mass is 408 g/mol. The van der Waals surface area contributed by atoms with Gasteiger partial charge in [-0.25, -0.2) is 0 Å². The van der Waals surface area contributed by atoms with Gasteiger partial charge in [0.15, 0.2) is 11.0 Å². The molecular formula is C23H28N4OS. The first-order chi connectivity index (χ1) is 13.7. The van der Waals surface area contributed by atoms with Gasteiger partial charge in [0.1, 0.15) is 0 Å². The molecule has 6 heteroatoms. The Kier molecular flexibility index (Phi) is 6.13. The number of hydrogen-bond acceptors (Lipinski definition) is 4. The third kappa shape index (κ3) is 4.70. The Bertz CT molecular complexity index is 974. The zero-order valence-electron chi connectivity index (χ0n) is 17.9. The second-order valence-electron chi connectivity index (χ2n) is 8.19. The number of aromatic nitrogens is 3. The van der Waals surface area contributed by atoms with Crippen LogP contribution in [0.4, 0.5) is 5.69 Å². The van der Waals surface area contributed by atoms with E-state index in [0.717, 1.165) is 22.2 Å². The average Bonchev–Trinajstić information content (AvgIpc) is 3.07. The van der Waals surface area contributed by atoms with Crippen LogP contribution in [0.2, 0.25) is 0 Å². The molecule has 2 aromatic carbocycles. The lowest BCUT2D eigenvalue weighted by Gasteiger charge is -2.21. The predicted molar refractivity (Wildman–Crippen MR) is 120 cm³/mol. The van der Waals surface area contributed by atoms with Crippen LogP contribution in [0.1, 0.15) is 33.3 Å². The van der Waals surface area contributed by atoms with Crippen molar-refractivity contribution < 1.29 is 4.79 Å². The standard InChI is InChI=1S/C23H28N4OS/c1-16(21(28)26(5)19-10-8-7-9-11-19)29-22-25-24-20(27(22)6)17-12-14-18(15-13-17)23(2,3)4/h7-16H,1-6H3/t16-/m0/s1. The second kappa shape index (κ2) is 8.41. The molecule has 0 radical (unpaired) electrons. The highest BCUT2D eigenvalue weighted by Crippen LogP contribution is 2.29. The quantitative estimate of drug-likeness (QED) is 0.562. The summed E-state index contributed by atoms with van der Waals surface area (Å²) < 4.78 is 1.95. The molecule has 0 N–H and O–H groups in total. The highest BCUT2D eigenvalue weighted by Gasteiger charge is 2.23. The number of nitrogens with zero attached hydrogens (tertiary/aromatic N) is 4. The van der Waals surface area contributed by atoms with E-state index in [1.54, 1.807) is 11.9 Å². The SMILES string of the molecule is C[C@H](Sc1nnc(-c2ccc(C(C)(C)C)cc2)n1C)C(=O)N(C)c1ccccc1. The lowest BCUT2D eigenvalue weighted by Crippen LogP contribution is -2.33. The molecule has 0 bridgehead atoms. The molecule has 0 aliphatic heterocycles. The molecule has 0 aliphatic rings. The summed E-state index contributed by atoms with van der Waals surface area (Å²) in [5.74, 6) is 0.823. The lowest BCUT2D eigenvalue weighted by molar-refractivity contribution is -0.117. The first kappa shape index (κ1) is 21.1. The largest absolute Gasteiger partial charge is 0.315 e. The van der Waals surface area contributed by atoms with E-state index in [1.807, 2.05) is 48.9 Å². The van der Waals surface area contributed by atoms with Gasteiger partial charge in [-0.1, -0.05) is 75.0 Å². The number of anilines is 1. The van der Waals surface area contributed by atoms with Crippen LogP contribution in [0.5, 0.6) is 0 Å². The molecule has 1 heterocycles. The van der Waals surface area contributed by atoms with Gasteiger partial charge in [-0.15, -0.1) is 10.2 Å². The summed E-state index contributed by atoms with van der Waals surface area (Å²) in [6.45, 7) is 8.50. The van der Waals surface area contributed by atoms with Crippen molar-refractivity contribution >= 4 is 23.4 Å². The molecule has 1 aromatic heterocycles. The van der Waals surface area contributed by atoms with E-state index in [4.69, 9.17) is 0 Å². The van der Waals surface area contributed by atoms with E-state index in [2.05, 4.69) is 55.2 Å². The summed E-state index contributed by atoms with van der Waals surface area (Å²) in [6, 6.07) is 18.1. The van der Waals surface area contributed by atoms with Crippen molar-refractivity contribution in [3.8, 4) is 11.4 Å². The van der Waals surface area contributed by atoms with Crippen LogP contribution in [0.15, 0.2) is 59.8 Å². The lowest BCUT2D eigenvalue weighted by atomic mass is 9.87. The van der Waals surface area contributed by atoms with E-state index in [9.17, 15) is 4.79 Å². The highest BCUT2D eigenvalue weighted by molar-refractivity contribution is 8.00. The van der Waals surface area contributed by atoms with E-state index >= 15 is 0 Å². The van der Waals surface area contributed by atoms with Crippen molar-refractivity contribution in [2.45, 2.75) is 43.5 Å². The maximum Gasteiger partial charge on any atom is 0.240 e. The van der Waals surface area contributed by atoms with Crippen LogP contribution in [0.3, 0.4) is 0 Å². The Hall–Kier alpha value is -2.60. The van der Waals surface area contributed by atoms with Crippen molar-refractivity contribution in [2.24, 2.45) is 7.05 Å². The Morgan fingerprint density at radius 3 is 2.24 bits per heavy atom. The van der Waals surface area contributed by atoms with E-state index in [-0.39, 0.29) is 16.6 Å². The van der Waals surface area contributed by atoms with Gasteiger partial charge in [0.2, 0.25) is 5.91 Å². The third-order valence-corrected chi connectivity index (χ3v) is 6.07. The minimum absolute atomic E-state index is 0.0280. The van der Waals surface area contributed by atoms with Gasteiger partial charge in [-0.05, 0) is 30.0 Å². The average molecular weight is 409 g/mol. The molecule has 0 saturated carbocycles. The van der Waals surface area contributed by atoms with Crippen molar-refractivity contribution in [1.29, 1.82) is 0 Å². The molecule has 3 aromatic rings. The van der Waals surface area contributed by atoms with Crippen molar-refractivity contribution in [1.82, 2.24) is 14.8 Å². The summed E-state index contributed by atoms with van der Waals surface area (Å²) in [7, 11) is 3.74. The number of carbonyl (C=O) groups excluding carboxylic acids is 1. The second-order valence-corrected chi connectivity index (χ2v) is 9.49. The molecule has 29 heavy (non-hydrogen) atoms. The summed E-state index contributed by atoms with van der Waals surface area (Å²) >= 11 is 1.42. The molecule has 3 rings (SSSR count). The number of rotatable bonds is 5. The van der Waals surface area contributed by atoms with Gasteiger partial charge in [0, 0.05) is 25.3 Å². The van der Waals surface area contributed by atoms with Gasteiger partial charge in [0.25, 0.3) is 0 Å². The van der Waals surface area contributed by atoms with E-state index < -0.39 is 0 Å². The molecule has 1 amide bonds. The van der Waals surface area contributed by atoms with E-state index in [1.165, 1.54) is 17.3 Å². The summed E-state index contributed by atoms with van der Waals surface area (Å²) in [5, 5.41) is 9.13. The minimum atomic E-state index is -0.278. The third-order valence-electron chi connectivity index (χ3n) is 4.95. The first-order valence-corrected chi connectivity index (χ1v) is 10.6. The van der Waals surface area contributed by atoms with E-state index in [0.29, 0.717) is 0 Å². The van der Waals surface area contributed by atoms with Gasteiger partial charge >= 0.3 is 0 Å². The Balaban J connectivity index is 1.75. The Labute approximate surface area is 177 Å². The molecule has 0 spiro atoms. The molecule has 0 unspecified atom stereocenters. The Morgan fingerprint density at radius 2 is 1.66 bits per heavy atom. The zero-order chi connectivity index (χ0) is 21.2. The number of para-hydroxylation sites is 1. The van der Waals surface area contributed by atoms with Crippen molar-refractivity contribution in [3.05, 3.63) is 60.2 Å². The fraction of sp³-hybridized carbons (Fsp3) is 0.348. The predicted octanol–water partition coefficient (Wildman–Crippen LogP) is 4.92. The minimum Gasteiger partial charge on any atom is -0.315 e. The van der Waals surface area contributed by atoms with Crippen LogP contribution in [-0.4, -0.2) is 33.0 Å². The fourth-order valence-corrected chi connectivity index (χ4v) is 3.96. The summed E-state index contributed by atoms with van der Waals surface area (Å²) in [4.78, 5) is 14.5.